The number of hydrogen-bond donors (Lipinski definition) is 1. The predicted octanol–water partition coefficient (Wildman–Crippen LogP) is 6.14. The first kappa shape index (κ1) is 22.3. The topological polar surface area (TPSA) is 25.4 Å². The summed E-state index contributed by atoms with van der Waals surface area (Å²) >= 11 is 5.86. The fourth-order valence-electron chi connectivity index (χ4n) is 2.36. The number of thiazole rings is 1. The van der Waals surface area contributed by atoms with Gasteiger partial charge in [-0.25, -0.2) is 4.98 Å². The molecule has 3 nitrogen and oxygen atoms in total. The molecule has 0 bridgehead atoms. The second-order valence-corrected chi connectivity index (χ2v) is 10.2. The van der Waals surface area contributed by atoms with Crippen LogP contribution in [0.3, 0.4) is 0 Å². The molecule has 0 aliphatic rings. The molecule has 2 aromatic rings. The van der Waals surface area contributed by atoms with Gasteiger partial charge in [-0.1, -0.05) is 27.7 Å². The van der Waals surface area contributed by atoms with Crippen molar-refractivity contribution in [2.24, 2.45) is 5.41 Å². The van der Waals surface area contributed by atoms with Crippen LogP contribution in [0.25, 0.3) is 10.2 Å². The largest absolute Gasteiger partial charge is 0.492 e. The van der Waals surface area contributed by atoms with E-state index in [1.165, 1.54) is 0 Å². The van der Waals surface area contributed by atoms with Gasteiger partial charge in [0.05, 0.1) is 10.2 Å². The molecule has 25 heavy (non-hydrogen) atoms. The molecule has 0 spiro atoms. The molecule has 0 saturated heterocycles. The highest BCUT2D eigenvalue weighted by atomic mass is 32.2. The zero-order valence-electron chi connectivity index (χ0n) is 17.0. The van der Waals surface area contributed by atoms with E-state index in [-0.39, 0.29) is 0 Å². The zero-order valence-corrected chi connectivity index (χ0v) is 18.7. The standard InChI is InChI=1S/C15H22N2OS2.C5H12/c1-10(2)17(11(3)4)7-8-18-12-5-6-13-14(9-12)20-15(19)16-13;1-5(2,3)4/h5-6,9-11H,7-8H2,1-4H3,(H,16,19);1-4H3. The van der Waals surface area contributed by atoms with Crippen LogP contribution in [0.1, 0.15) is 55.4 Å². The monoisotopic (exact) mass is 382 g/mol. The van der Waals surface area contributed by atoms with E-state index in [9.17, 15) is 0 Å². The number of nitrogens with zero attached hydrogens (tertiary/aromatic N) is 2. The summed E-state index contributed by atoms with van der Waals surface area (Å²) in [5.74, 6) is 0.905. The molecule has 0 fully saturated rings. The molecule has 0 unspecified atom stereocenters. The lowest BCUT2D eigenvalue weighted by Crippen LogP contribution is -2.39. The van der Waals surface area contributed by atoms with Gasteiger partial charge in [0.1, 0.15) is 16.7 Å². The van der Waals surface area contributed by atoms with E-state index < -0.39 is 0 Å². The van der Waals surface area contributed by atoms with Gasteiger partial charge in [0.25, 0.3) is 0 Å². The molecule has 0 amide bonds. The van der Waals surface area contributed by atoms with Crippen LogP contribution in [0.5, 0.6) is 5.75 Å². The van der Waals surface area contributed by atoms with Crippen molar-refractivity contribution >= 4 is 34.2 Å². The van der Waals surface area contributed by atoms with Gasteiger partial charge in [0.15, 0.2) is 0 Å². The van der Waals surface area contributed by atoms with Gasteiger partial charge in [-0.2, -0.15) is 0 Å². The smallest absolute Gasteiger partial charge is 0.148 e. The summed E-state index contributed by atoms with van der Waals surface area (Å²) in [6, 6.07) is 7.08. The van der Waals surface area contributed by atoms with Crippen LogP contribution in [-0.2, 0) is 0 Å². The molecule has 142 valence electrons. The highest BCUT2D eigenvalue weighted by molar-refractivity contribution is 7.82. The Bertz CT molecular complexity index is 631. The Kier molecular flexibility index (Phi) is 8.72. The van der Waals surface area contributed by atoms with Crippen molar-refractivity contribution in [1.29, 1.82) is 0 Å². The molecule has 0 saturated carbocycles. The number of rotatable bonds is 6. The van der Waals surface area contributed by atoms with Crippen LogP contribution in [0.4, 0.5) is 0 Å². The van der Waals surface area contributed by atoms with Gasteiger partial charge in [-0.05, 0) is 51.3 Å². The lowest BCUT2D eigenvalue weighted by Gasteiger charge is -2.30. The van der Waals surface area contributed by atoms with Crippen molar-refractivity contribution in [2.45, 2.75) is 71.8 Å². The summed E-state index contributed by atoms with van der Waals surface area (Å²) in [6.45, 7) is 19.3. The van der Waals surface area contributed by atoms with Crippen LogP contribution in [0, 0.1) is 5.41 Å². The predicted molar refractivity (Wildman–Crippen MR) is 114 cm³/mol. The lowest BCUT2D eigenvalue weighted by atomic mass is 10.0. The minimum Gasteiger partial charge on any atom is -0.492 e. The van der Waals surface area contributed by atoms with E-state index in [0.717, 1.165) is 26.9 Å². The molecular formula is C20H34N2OS2. The maximum absolute atomic E-state index is 5.87. The summed E-state index contributed by atoms with van der Waals surface area (Å²) in [6.07, 6.45) is 0. The fraction of sp³-hybridized carbons (Fsp3) is 0.650. The average molecular weight is 383 g/mol. The van der Waals surface area contributed by atoms with Crippen LogP contribution < -0.4 is 4.74 Å². The molecule has 1 aromatic heterocycles. The van der Waals surface area contributed by atoms with Gasteiger partial charge in [-0.3, -0.25) is 4.90 Å². The van der Waals surface area contributed by atoms with Crippen molar-refractivity contribution in [3.8, 4) is 5.75 Å². The second-order valence-electron chi connectivity index (χ2n) is 8.40. The van der Waals surface area contributed by atoms with Crippen LogP contribution in [0.2, 0.25) is 0 Å². The average Bonchev–Trinajstić information content (AvgIpc) is 2.80. The number of ether oxygens (including phenoxy) is 1. The SMILES string of the molecule is CC(C)(C)C.CC(C)N(CCOc1ccc2nc(S)sc2c1)C(C)C. The number of thiol groups is 1. The number of aromatic nitrogens is 1. The normalized spacial score (nSPS) is 12.0. The van der Waals surface area contributed by atoms with E-state index in [0.29, 0.717) is 24.1 Å². The number of hydrogen-bond acceptors (Lipinski definition) is 5. The first-order valence-electron chi connectivity index (χ1n) is 8.95. The molecule has 0 aliphatic carbocycles. The summed E-state index contributed by atoms with van der Waals surface area (Å²) in [4.78, 5) is 6.76. The first-order chi connectivity index (χ1) is 11.5. The Hall–Kier alpha value is -0.780. The number of benzene rings is 1. The zero-order chi connectivity index (χ0) is 19.2. The van der Waals surface area contributed by atoms with E-state index in [1.807, 2.05) is 18.2 Å². The molecule has 1 heterocycles. The highest BCUT2D eigenvalue weighted by Crippen LogP contribution is 2.28. The van der Waals surface area contributed by atoms with Crippen molar-refractivity contribution in [3.63, 3.8) is 0 Å². The van der Waals surface area contributed by atoms with Crippen molar-refractivity contribution in [2.75, 3.05) is 13.2 Å². The summed E-state index contributed by atoms with van der Waals surface area (Å²) in [5.41, 5.74) is 1.48. The van der Waals surface area contributed by atoms with Crippen LogP contribution in [0.15, 0.2) is 22.5 Å². The van der Waals surface area contributed by atoms with Crippen LogP contribution in [-0.4, -0.2) is 35.1 Å². The molecule has 5 heteroatoms. The summed E-state index contributed by atoms with van der Waals surface area (Å²) < 4.78 is 7.78. The van der Waals surface area contributed by atoms with Crippen molar-refractivity contribution in [1.82, 2.24) is 9.88 Å². The third-order valence-electron chi connectivity index (χ3n) is 3.29. The third kappa shape index (κ3) is 8.93. The van der Waals surface area contributed by atoms with E-state index in [1.54, 1.807) is 11.3 Å². The van der Waals surface area contributed by atoms with Gasteiger partial charge in [0.2, 0.25) is 0 Å². The Labute approximate surface area is 163 Å². The molecule has 0 N–H and O–H groups in total. The summed E-state index contributed by atoms with van der Waals surface area (Å²) in [5, 5.41) is 0. The third-order valence-corrected chi connectivity index (χ3v) is 4.49. The minimum atomic E-state index is 0.500. The van der Waals surface area contributed by atoms with Gasteiger partial charge in [0, 0.05) is 18.6 Å². The lowest BCUT2D eigenvalue weighted by molar-refractivity contribution is 0.142. The molecule has 0 radical (unpaired) electrons. The summed E-state index contributed by atoms with van der Waals surface area (Å²) in [7, 11) is 0. The molecule has 1 aromatic carbocycles. The Morgan fingerprint density at radius 1 is 1.12 bits per heavy atom. The Morgan fingerprint density at radius 2 is 1.68 bits per heavy atom. The molecule has 0 atom stereocenters. The first-order valence-corrected chi connectivity index (χ1v) is 10.2. The Balaban J connectivity index is 0.000000550. The molecule has 2 rings (SSSR count). The van der Waals surface area contributed by atoms with E-state index in [4.69, 9.17) is 4.74 Å². The fourth-order valence-corrected chi connectivity index (χ4v) is 3.50. The second kappa shape index (κ2) is 9.79. The van der Waals surface area contributed by atoms with Crippen molar-refractivity contribution in [3.05, 3.63) is 18.2 Å². The van der Waals surface area contributed by atoms with Gasteiger partial charge < -0.3 is 4.74 Å². The van der Waals surface area contributed by atoms with Crippen LogP contribution >= 0.6 is 24.0 Å². The quantitative estimate of drug-likeness (QED) is 0.608. The Morgan fingerprint density at radius 3 is 2.20 bits per heavy atom. The van der Waals surface area contributed by atoms with Gasteiger partial charge in [-0.15, -0.1) is 24.0 Å². The minimum absolute atomic E-state index is 0.500. The number of fused-ring (bicyclic) bond motifs is 1. The van der Waals surface area contributed by atoms with Crippen molar-refractivity contribution < 1.29 is 4.74 Å². The maximum Gasteiger partial charge on any atom is 0.148 e. The molecule has 0 aliphatic heterocycles. The van der Waals surface area contributed by atoms with Gasteiger partial charge >= 0.3 is 0 Å². The van der Waals surface area contributed by atoms with E-state index >= 15 is 0 Å². The van der Waals surface area contributed by atoms with E-state index in [2.05, 4.69) is 77.9 Å². The highest BCUT2D eigenvalue weighted by Gasteiger charge is 2.13. The maximum atomic E-state index is 5.87. The molecular weight excluding hydrogens is 348 g/mol.